The molecule has 8 heteroatoms. The Kier molecular flexibility index (Phi) is 6.43. The van der Waals surface area contributed by atoms with Crippen molar-refractivity contribution in [3.63, 3.8) is 0 Å². The van der Waals surface area contributed by atoms with Gasteiger partial charge in [0.1, 0.15) is 10.0 Å². The number of aromatic nitrogens is 1. The van der Waals surface area contributed by atoms with E-state index in [0.717, 1.165) is 19.6 Å². The van der Waals surface area contributed by atoms with Crippen LogP contribution in [0.2, 0.25) is 5.15 Å². The predicted octanol–water partition coefficient (Wildman–Crippen LogP) is 2.65. The monoisotopic (exact) mass is 395 g/mol. The number of sulfonamides is 1. The average molecular weight is 397 g/mol. The Morgan fingerprint density at radius 3 is 2.62 bits per heavy atom. The van der Waals surface area contributed by atoms with Gasteiger partial charge in [-0.05, 0) is 47.9 Å². The topological polar surface area (TPSA) is 62.3 Å². The first-order valence-corrected chi connectivity index (χ1v) is 9.67. The second-order valence-corrected chi connectivity index (χ2v) is 8.11. The van der Waals surface area contributed by atoms with Crippen LogP contribution in [0, 0.1) is 0 Å². The number of likely N-dealkylation sites (tertiary alicyclic amines) is 1. The molecule has 5 nitrogen and oxygen atoms in total. The van der Waals surface area contributed by atoms with Crippen molar-refractivity contribution >= 4 is 37.6 Å². The van der Waals surface area contributed by atoms with Gasteiger partial charge in [0.15, 0.2) is 0 Å². The molecule has 0 saturated carbocycles. The maximum atomic E-state index is 12.2. The molecule has 0 bridgehead atoms. The van der Waals surface area contributed by atoms with Gasteiger partial charge in [0.25, 0.3) is 0 Å². The lowest BCUT2D eigenvalue weighted by Crippen LogP contribution is -2.35. The third-order valence-corrected chi connectivity index (χ3v) is 5.80. The fraction of sp³-hybridized carbons (Fsp3) is 0.615. The van der Waals surface area contributed by atoms with Crippen molar-refractivity contribution in [1.82, 2.24) is 14.6 Å². The van der Waals surface area contributed by atoms with E-state index in [1.54, 1.807) is 0 Å². The molecule has 1 aliphatic heterocycles. The van der Waals surface area contributed by atoms with E-state index in [2.05, 4.69) is 30.5 Å². The van der Waals surface area contributed by atoms with Gasteiger partial charge in [0.05, 0.1) is 0 Å². The molecule has 0 amide bonds. The summed E-state index contributed by atoms with van der Waals surface area (Å²) >= 11 is 9.08. The van der Waals surface area contributed by atoms with Crippen LogP contribution in [0.25, 0.3) is 0 Å². The number of pyridine rings is 1. The van der Waals surface area contributed by atoms with Gasteiger partial charge >= 0.3 is 0 Å². The van der Waals surface area contributed by atoms with Crippen molar-refractivity contribution in [3.05, 3.63) is 21.9 Å². The molecular weight excluding hydrogens is 378 g/mol. The minimum Gasteiger partial charge on any atom is -0.302 e. The van der Waals surface area contributed by atoms with Gasteiger partial charge in [0.2, 0.25) is 10.0 Å². The Bertz CT molecular complexity index is 575. The van der Waals surface area contributed by atoms with E-state index in [4.69, 9.17) is 11.6 Å². The molecule has 21 heavy (non-hydrogen) atoms. The molecule has 1 N–H and O–H groups in total. The van der Waals surface area contributed by atoms with Crippen LogP contribution >= 0.6 is 27.5 Å². The summed E-state index contributed by atoms with van der Waals surface area (Å²) in [4.78, 5) is 6.15. The van der Waals surface area contributed by atoms with Crippen molar-refractivity contribution in [2.24, 2.45) is 0 Å². The van der Waals surface area contributed by atoms with Crippen LogP contribution in [0.4, 0.5) is 0 Å². The van der Waals surface area contributed by atoms with E-state index >= 15 is 0 Å². The van der Waals surface area contributed by atoms with Crippen LogP contribution in [-0.2, 0) is 10.0 Å². The van der Waals surface area contributed by atoms with Crippen molar-refractivity contribution in [3.8, 4) is 0 Å². The highest BCUT2D eigenvalue weighted by Crippen LogP contribution is 2.22. The van der Waals surface area contributed by atoms with E-state index < -0.39 is 10.0 Å². The number of hydrogen-bond donors (Lipinski definition) is 1. The van der Waals surface area contributed by atoms with Crippen molar-refractivity contribution in [1.29, 1.82) is 0 Å². The predicted molar refractivity (Wildman–Crippen MR) is 87.0 cm³/mol. The van der Waals surface area contributed by atoms with Crippen LogP contribution in [0.1, 0.15) is 25.7 Å². The summed E-state index contributed by atoms with van der Waals surface area (Å²) < 4.78 is 27.7. The van der Waals surface area contributed by atoms with Gasteiger partial charge < -0.3 is 4.90 Å². The van der Waals surface area contributed by atoms with Crippen molar-refractivity contribution in [2.75, 3.05) is 26.2 Å². The molecule has 1 fully saturated rings. The molecule has 0 spiro atoms. The molecule has 1 aromatic rings. The summed E-state index contributed by atoms with van der Waals surface area (Å²) in [5.41, 5.74) is 0. The lowest BCUT2D eigenvalue weighted by atomic mass is 10.2. The Hall–Kier alpha value is -0.210. The van der Waals surface area contributed by atoms with Gasteiger partial charge in [-0.15, -0.1) is 0 Å². The van der Waals surface area contributed by atoms with E-state index in [0.29, 0.717) is 11.0 Å². The van der Waals surface area contributed by atoms with E-state index in [1.165, 1.54) is 37.9 Å². The summed E-state index contributed by atoms with van der Waals surface area (Å²) in [6, 6.07) is 1.46. The Labute approximate surface area is 139 Å². The molecule has 0 aliphatic carbocycles. The fourth-order valence-corrected chi connectivity index (χ4v) is 4.33. The molecule has 0 unspecified atom stereocenters. The SMILES string of the molecule is O=S(=O)(NCCN1CCCCCC1)c1cc(Br)cnc1Cl. The lowest BCUT2D eigenvalue weighted by molar-refractivity contribution is 0.290. The second kappa shape index (κ2) is 7.87. The van der Waals surface area contributed by atoms with Crippen LogP contribution < -0.4 is 4.72 Å². The molecule has 2 rings (SSSR count). The van der Waals surface area contributed by atoms with Crippen LogP contribution in [0.5, 0.6) is 0 Å². The molecule has 118 valence electrons. The van der Waals surface area contributed by atoms with E-state index in [-0.39, 0.29) is 10.0 Å². The Morgan fingerprint density at radius 2 is 1.95 bits per heavy atom. The third kappa shape index (κ3) is 5.17. The molecule has 0 aromatic carbocycles. The molecule has 2 heterocycles. The minimum absolute atomic E-state index is 0.00871. The largest absolute Gasteiger partial charge is 0.302 e. The van der Waals surface area contributed by atoms with Gasteiger partial charge in [-0.2, -0.15) is 0 Å². The van der Waals surface area contributed by atoms with Gasteiger partial charge in [0, 0.05) is 23.8 Å². The quantitative estimate of drug-likeness (QED) is 0.777. The van der Waals surface area contributed by atoms with Gasteiger partial charge in [-0.1, -0.05) is 24.4 Å². The summed E-state index contributed by atoms with van der Waals surface area (Å²) in [6.07, 6.45) is 6.38. The number of halogens is 2. The maximum Gasteiger partial charge on any atom is 0.243 e. The summed E-state index contributed by atoms with van der Waals surface area (Å²) in [7, 11) is -3.62. The zero-order valence-electron chi connectivity index (χ0n) is 11.7. The van der Waals surface area contributed by atoms with Crippen LogP contribution in [0.15, 0.2) is 21.6 Å². The van der Waals surface area contributed by atoms with E-state index in [9.17, 15) is 8.42 Å². The fourth-order valence-electron chi connectivity index (χ4n) is 2.37. The second-order valence-electron chi connectivity index (χ2n) is 5.10. The molecule has 1 aliphatic rings. The first kappa shape index (κ1) is 17.1. The first-order valence-electron chi connectivity index (χ1n) is 7.02. The van der Waals surface area contributed by atoms with Crippen molar-refractivity contribution in [2.45, 2.75) is 30.6 Å². The minimum atomic E-state index is -3.62. The Balaban J connectivity index is 1.93. The van der Waals surface area contributed by atoms with Gasteiger partial charge in [-0.3, -0.25) is 0 Å². The lowest BCUT2D eigenvalue weighted by Gasteiger charge is -2.19. The molecule has 0 radical (unpaired) electrons. The van der Waals surface area contributed by atoms with Crippen molar-refractivity contribution < 1.29 is 8.42 Å². The first-order chi connectivity index (χ1) is 9.99. The molecule has 0 atom stereocenters. The van der Waals surface area contributed by atoms with Crippen LogP contribution in [0.3, 0.4) is 0 Å². The molecule has 1 aromatic heterocycles. The Morgan fingerprint density at radius 1 is 1.29 bits per heavy atom. The number of hydrogen-bond acceptors (Lipinski definition) is 4. The molecular formula is C13H19BrClN3O2S. The van der Waals surface area contributed by atoms with Crippen LogP contribution in [-0.4, -0.2) is 44.5 Å². The normalized spacial score (nSPS) is 17.6. The standard InChI is InChI=1S/C13H19BrClN3O2S/c14-11-9-12(13(15)16-10-11)21(19,20)17-5-8-18-6-3-1-2-4-7-18/h9-10,17H,1-8H2. The van der Waals surface area contributed by atoms with E-state index in [1.807, 2.05) is 0 Å². The summed E-state index contributed by atoms with van der Waals surface area (Å²) in [5, 5.41) is -0.0135. The number of nitrogens with zero attached hydrogens (tertiary/aromatic N) is 2. The zero-order valence-corrected chi connectivity index (χ0v) is 14.8. The summed E-state index contributed by atoms with van der Waals surface area (Å²) in [5.74, 6) is 0. The smallest absolute Gasteiger partial charge is 0.243 e. The number of rotatable bonds is 5. The average Bonchev–Trinajstić information content (AvgIpc) is 2.70. The summed E-state index contributed by atoms with van der Waals surface area (Å²) in [6.45, 7) is 3.19. The van der Waals surface area contributed by atoms with Gasteiger partial charge in [-0.25, -0.2) is 18.1 Å². The highest BCUT2D eigenvalue weighted by Gasteiger charge is 2.19. The zero-order chi connectivity index (χ0) is 15.3. The highest BCUT2D eigenvalue weighted by atomic mass is 79.9. The highest BCUT2D eigenvalue weighted by molar-refractivity contribution is 9.10. The number of nitrogens with one attached hydrogen (secondary N) is 1. The third-order valence-electron chi connectivity index (χ3n) is 3.48. The maximum absolute atomic E-state index is 12.2. The molecule has 1 saturated heterocycles.